The maximum atomic E-state index is 13.7. The molecule has 4 heteroatoms. The molecule has 0 unspecified atom stereocenters. The molecule has 1 amide bonds. The maximum Gasteiger partial charge on any atom is 0.261 e. The van der Waals surface area contributed by atoms with Crippen LogP contribution < -0.4 is 10.6 Å². The quantitative estimate of drug-likeness (QED) is 0.930. The van der Waals surface area contributed by atoms with Gasteiger partial charge in [-0.05, 0) is 31.2 Å². The fourth-order valence-electron chi connectivity index (χ4n) is 1.98. The van der Waals surface area contributed by atoms with E-state index in [-0.39, 0.29) is 11.5 Å². The number of hydrogen-bond acceptors (Lipinski definition) is 2. The summed E-state index contributed by atoms with van der Waals surface area (Å²) in [5.74, 6) is -0.899. The minimum absolute atomic E-state index is 0.0570. The summed E-state index contributed by atoms with van der Waals surface area (Å²) < 4.78 is 13.7. The molecule has 0 heterocycles. The summed E-state index contributed by atoms with van der Waals surface area (Å²) in [7, 11) is 0. The summed E-state index contributed by atoms with van der Waals surface area (Å²) in [6.07, 6.45) is 0. The van der Waals surface area contributed by atoms with Crippen LogP contribution in [0.4, 0.5) is 10.1 Å². The molecule has 2 aromatic carbocycles. The predicted molar refractivity (Wildman–Crippen MR) is 78.3 cm³/mol. The van der Waals surface area contributed by atoms with Gasteiger partial charge >= 0.3 is 0 Å². The van der Waals surface area contributed by atoms with Crippen molar-refractivity contribution in [1.29, 1.82) is 0 Å². The zero-order chi connectivity index (χ0) is 14.5. The number of nitrogens with two attached hydrogens (primary N) is 1. The Morgan fingerprint density at radius 3 is 2.40 bits per heavy atom. The minimum atomic E-state index is -0.522. The van der Waals surface area contributed by atoms with Gasteiger partial charge in [0, 0.05) is 18.8 Å². The molecule has 0 aliphatic rings. The fraction of sp³-hybridized carbons (Fsp3) is 0.188. The van der Waals surface area contributed by atoms with Gasteiger partial charge in [0.1, 0.15) is 5.82 Å². The molecule has 3 nitrogen and oxygen atoms in total. The normalized spacial score (nSPS) is 10.3. The number of benzene rings is 2. The van der Waals surface area contributed by atoms with Gasteiger partial charge in [-0.2, -0.15) is 0 Å². The van der Waals surface area contributed by atoms with Gasteiger partial charge in [-0.3, -0.25) is 4.79 Å². The lowest BCUT2D eigenvalue weighted by molar-refractivity contribution is 0.0983. The van der Waals surface area contributed by atoms with Crippen LogP contribution in [0.2, 0.25) is 0 Å². The molecule has 0 aliphatic heterocycles. The van der Waals surface area contributed by atoms with Crippen LogP contribution in [0.15, 0.2) is 48.5 Å². The second-order valence-corrected chi connectivity index (χ2v) is 4.56. The highest BCUT2D eigenvalue weighted by Crippen LogP contribution is 2.19. The van der Waals surface area contributed by atoms with Gasteiger partial charge in [-0.15, -0.1) is 0 Å². The smallest absolute Gasteiger partial charge is 0.261 e. The third-order valence-electron chi connectivity index (χ3n) is 3.05. The van der Waals surface area contributed by atoms with Crippen LogP contribution >= 0.6 is 0 Å². The van der Waals surface area contributed by atoms with Gasteiger partial charge in [0.05, 0.1) is 5.56 Å². The van der Waals surface area contributed by atoms with E-state index < -0.39 is 5.82 Å². The monoisotopic (exact) mass is 272 g/mol. The molecule has 2 rings (SSSR count). The number of aryl methyl sites for hydroxylation is 1. The van der Waals surface area contributed by atoms with Gasteiger partial charge in [-0.1, -0.05) is 29.8 Å². The van der Waals surface area contributed by atoms with E-state index in [0.29, 0.717) is 18.8 Å². The van der Waals surface area contributed by atoms with E-state index in [1.807, 2.05) is 31.2 Å². The zero-order valence-electron chi connectivity index (χ0n) is 11.3. The lowest BCUT2D eigenvalue weighted by Crippen LogP contribution is -2.35. The first-order valence-electron chi connectivity index (χ1n) is 6.46. The Morgan fingerprint density at radius 2 is 1.80 bits per heavy atom. The average molecular weight is 272 g/mol. The van der Waals surface area contributed by atoms with Crippen LogP contribution in [0.1, 0.15) is 15.9 Å². The van der Waals surface area contributed by atoms with Crippen molar-refractivity contribution >= 4 is 11.6 Å². The number of nitrogens with zero attached hydrogens (tertiary/aromatic N) is 1. The van der Waals surface area contributed by atoms with Crippen molar-refractivity contribution in [2.75, 3.05) is 18.0 Å². The molecule has 2 aromatic rings. The van der Waals surface area contributed by atoms with E-state index in [1.165, 1.54) is 17.0 Å². The van der Waals surface area contributed by atoms with Crippen molar-refractivity contribution in [3.8, 4) is 0 Å². The molecule has 0 atom stereocenters. The van der Waals surface area contributed by atoms with Gasteiger partial charge in [-0.25, -0.2) is 4.39 Å². The standard InChI is InChI=1S/C16H17FN2O/c1-12-6-8-13(9-7-12)19(11-10-18)16(20)14-4-2-3-5-15(14)17/h2-9H,10-11,18H2,1H3. The van der Waals surface area contributed by atoms with Crippen molar-refractivity contribution in [2.24, 2.45) is 5.73 Å². The number of rotatable bonds is 4. The number of anilines is 1. The molecule has 104 valence electrons. The van der Waals surface area contributed by atoms with Crippen LogP contribution in [0.25, 0.3) is 0 Å². The van der Waals surface area contributed by atoms with Crippen molar-refractivity contribution in [3.05, 3.63) is 65.5 Å². The second kappa shape index (κ2) is 6.30. The molecular formula is C16H17FN2O. The lowest BCUT2D eigenvalue weighted by atomic mass is 10.1. The van der Waals surface area contributed by atoms with Gasteiger partial charge in [0.15, 0.2) is 0 Å². The maximum absolute atomic E-state index is 13.7. The van der Waals surface area contributed by atoms with E-state index in [9.17, 15) is 9.18 Å². The van der Waals surface area contributed by atoms with Gasteiger partial charge in [0.25, 0.3) is 5.91 Å². The van der Waals surface area contributed by atoms with E-state index in [0.717, 1.165) is 5.56 Å². The highest BCUT2D eigenvalue weighted by Gasteiger charge is 2.19. The van der Waals surface area contributed by atoms with Gasteiger partial charge < -0.3 is 10.6 Å². The molecule has 2 N–H and O–H groups in total. The third-order valence-corrected chi connectivity index (χ3v) is 3.05. The van der Waals surface area contributed by atoms with Crippen molar-refractivity contribution < 1.29 is 9.18 Å². The molecule has 0 saturated carbocycles. The third kappa shape index (κ3) is 3.03. The summed E-state index contributed by atoms with van der Waals surface area (Å²) >= 11 is 0. The van der Waals surface area contributed by atoms with Crippen LogP contribution in [0.3, 0.4) is 0 Å². The largest absolute Gasteiger partial charge is 0.329 e. The highest BCUT2D eigenvalue weighted by molar-refractivity contribution is 6.06. The minimum Gasteiger partial charge on any atom is -0.329 e. The summed E-state index contributed by atoms with van der Waals surface area (Å²) in [5, 5.41) is 0. The molecule has 0 saturated heterocycles. The van der Waals surface area contributed by atoms with Crippen LogP contribution in [-0.2, 0) is 0 Å². The SMILES string of the molecule is Cc1ccc(N(CCN)C(=O)c2ccccc2F)cc1. The molecule has 0 bridgehead atoms. The van der Waals surface area contributed by atoms with Crippen LogP contribution in [-0.4, -0.2) is 19.0 Å². The van der Waals surface area contributed by atoms with Crippen LogP contribution in [0.5, 0.6) is 0 Å². The average Bonchev–Trinajstić information content (AvgIpc) is 2.46. The summed E-state index contributed by atoms with van der Waals surface area (Å²) in [5.41, 5.74) is 7.43. The molecular weight excluding hydrogens is 255 g/mol. The number of halogens is 1. The van der Waals surface area contributed by atoms with E-state index in [4.69, 9.17) is 5.73 Å². The Bertz CT molecular complexity index is 596. The number of carbonyl (C=O) groups is 1. The molecule has 0 spiro atoms. The van der Waals surface area contributed by atoms with Crippen molar-refractivity contribution in [2.45, 2.75) is 6.92 Å². The summed E-state index contributed by atoms with van der Waals surface area (Å²) in [4.78, 5) is 14.0. The molecule has 0 fully saturated rings. The zero-order valence-corrected chi connectivity index (χ0v) is 11.3. The number of carbonyl (C=O) groups excluding carboxylic acids is 1. The van der Waals surface area contributed by atoms with Crippen molar-refractivity contribution in [3.63, 3.8) is 0 Å². The van der Waals surface area contributed by atoms with E-state index in [1.54, 1.807) is 12.1 Å². The Balaban J connectivity index is 2.36. The summed E-state index contributed by atoms with van der Waals surface area (Å²) in [6, 6.07) is 13.5. The Morgan fingerprint density at radius 1 is 1.15 bits per heavy atom. The highest BCUT2D eigenvalue weighted by atomic mass is 19.1. The fourth-order valence-corrected chi connectivity index (χ4v) is 1.98. The second-order valence-electron chi connectivity index (χ2n) is 4.56. The van der Waals surface area contributed by atoms with Crippen LogP contribution in [0, 0.1) is 12.7 Å². The van der Waals surface area contributed by atoms with Crippen molar-refractivity contribution in [1.82, 2.24) is 0 Å². The lowest BCUT2D eigenvalue weighted by Gasteiger charge is -2.22. The number of amides is 1. The Hall–Kier alpha value is -2.20. The first-order valence-corrected chi connectivity index (χ1v) is 6.46. The summed E-state index contributed by atoms with van der Waals surface area (Å²) in [6.45, 7) is 2.63. The van der Waals surface area contributed by atoms with Gasteiger partial charge in [0.2, 0.25) is 0 Å². The Labute approximate surface area is 117 Å². The first-order chi connectivity index (χ1) is 9.63. The predicted octanol–water partition coefficient (Wildman–Crippen LogP) is 2.74. The molecule has 20 heavy (non-hydrogen) atoms. The van der Waals surface area contributed by atoms with E-state index in [2.05, 4.69) is 0 Å². The van der Waals surface area contributed by atoms with E-state index >= 15 is 0 Å². The topological polar surface area (TPSA) is 46.3 Å². The number of hydrogen-bond donors (Lipinski definition) is 1. The molecule has 0 aliphatic carbocycles. The Kier molecular flexibility index (Phi) is 4.48. The molecule has 0 aromatic heterocycles. The first kappa shape index (κ1) is 14.2. The molecule has 0 radical (unpaired) electrons.